The molecule has 0 atom stereocenters. The molecule has 118 valence electrons. The van der Waals surface area contributed by atoms with Crippen LogP contribution < -0.4 is 4.74 Å². The van der Waals surface area contributed by atoms with Crippen LogP contribution in [0.1, 0.15) is 37.2 Å². The normalized spacial score (nSPS) is 10.5. The van der Waals surface area contributed by atoms with Gasteiger partial charge in [-0.05, 0) is 31.5 Å². The van der Waals surface area contributed by atoms with Gasteiger partial charge in [-0.15, -0.1) is 5.10 Å². The predicted octanol–water partition coefficient (Wildman–Crippen LogP) is 3.48. The number of esters is 1. The van der Waals surface area contributed by atoms with E-state index >= 15 is 0 Å². The van der Waals surface area contributed by atoms with Crippen LogP contribution >= 0.6 is 11.6 Å². The van der Waals surface area contributed by atoms with Gasteiger partial charge in [-0.1, -0.05) is 24.9 Å². The molecule has 0 saturated heterocycles. The third kappa shape index (κ3) is 3.76. The lowest BCUT2D eigenvalue weighted by Crippen LogP contribution is -2.06. The number of benzene rings is 1. The first-order valence-electron chi connectivity index (χ1n) is 7.18. The minimum Gasteiger partial charge on any atom is -0.492 e. The molecular formula is C15H18ClN3O3. The van der Waals surface area contributed by atoms with E-state index in [0.717, 1.165) is 12.8 Å². The van der Waals surface area contributed by atoms with Crippen LogP contribution in [0, 0.1) is 0 Å². The molecule has 2 aromatic rings. The van der Waals surface area contributed by atoms with Crippen LogP contribution in [0.4, 0.5) is 0 Å². The van der Waals surface area contributed by atoms with Crippen molar-refractivity contribution < 1.29 is 14.3 Å². The molecule has 1 N–H and O–H groups in total. The summed E-state index contributed by atoms with van der Waals surface area (Å²) in [5.41, 5.74) is 1.21. The van der Waals surface area contributed by atoms with E-state index in [1.807, 2.05) is 0 Å². The van der Waals surface area contributed by atoms with E-state index in [2.05, 4.69) is 22.3 Å². The highest BCUT2D eigenvalue weighted by atomic mass is 35.5. The number of nitrogens with one attached hydrogen (secondary N) is 1. The largest absolute Gasteiger partial charge is 0.492 e. The summed E-state index contributed by atoms with van der Waals surface area (Å²) in [5.74, 6) is 0.0886. The summed E-state index contributed by atoms with van der Waals surface area (Å²) in [5, 5.41) is 10.7. The molecular weight excluding hydrogens is 306 g/mol. The molecule has 0 fully saturated rings. The molecule has 1 aromatic carbocycles. The molecule has 0 aliphatic rings. The maximum atomic E-state index is 11.8. The summed E-state index contributed by atoms with van der Waals surface area (Å²) in [6.07, 6.45) is 2.02. The number of carbonyl (C=O) groups excluding carboxylic acids is 1. The fraction of sp³-hybridized carbons (Fsp3) is 0.400. The van der Waals surface area contributed by atoms with Gasteiger partial charge >= 0.3 is 5.97 Å². The van der Waals surface area contributed by atoms with E-state index in [9.17, 15) is 4.79 Å². The van der Waals surface area contributed by atoms with Crippen molar-refractivity contribution in [1.29, 1.82) is 0 Å². The molecule has 6 nitrogen and oxygen atoms in total. The number of unbranched alkanes of at least 4 members (excludes halogenated alkanes) is 1. The van der Waals surface area contributed by atoms with E-state index in [4.69, 9.17) is 21.1 Å². The summed E-state index contributed by atoms with van der Waals surface area (Å²) in [4.78, 5) is 11.8. The summed E-state index contributed by atoms with van der Waals surface area (Å²) in [6.45, 7) is 4.72. The third-order valence-electron chi connectivity index (χ3n) is 2.98. The van der Waals surface area contributed by atoms with Gasteiger partial charge in [-0.2, -0.15) is 10.3 Å². The fourth-order valence-electron chi connectivity index (χ4n) is 1.87. The summed E-state index contributed by atoms with van der Waals surface area (Å²) >= 11 is 6.22. The van der Waals surface area contributed by atoms with Crippen molar-refractivity contribution in [3.05, 3.63) is 28.9 Å². The van der Waals surface area contributed by atoms with Gasteiger partial charge in [0.15, 0.2) is 5.69 Å². The maximum Gasteiger partial charge on any atom is 0.361 e. The Labute approximate surface area is 133 Å². The summed E-state index contributed by atoms with van der Waals surface area (Å²) in [7, 11) is 0. The van der Waals surface area contributed by atoms with E-state index < -0.39 is 5.97 Å². The monoisotopic (exact) mass is 323 g/mol. The predicted molar refractivity (Wildman–Crippen MR) is 83.2 cm³/mol. The molecule has 1 heterocycles. The first kappa shape index (κ1) is 16.3. The zero-order valence-corrected chi connectivity index (χ0v) is 13.3. The van der Waals surface area contributed by atoms with Crippen molar-refractivity contribution >= 4 is 17.6 Å². The Bertz CT molecular complexity index is 643. The van der Waals surface area contributed by atoms with Gasteiger partial charge in [0, 0.05) is 5.56 Å². The van der Waals surface area contributed by atoms with Crippen molar-refractivity contribution in [3.63, 3.8) is 0 Å². The first-order chi connectivity index (χ1) is 10.7. The van der Waals surface area contributed by atoms with Crippen molar-refractivity contribution in [1.82, 2.24) is 15.4 Å². The van der Waals surface area contributed by atoms with Crippen LogP contribution in [0.5, 0.6) is 5.75 Å². The molecule has 0 radical (unpaired) electrons. The molecule has 0 spiro atoms. The average Bonchev–Trinajstić information content (AvgIpc) is 2.99. The lowest BCUT2D eigenvalue weighted by molar-refractivity contribution is 0.0520. The molecule has 0 aliphatic carbocycles. The average molecular weight is 324 g/mol. The van der Waals surface area contributed by atoms with Gasteiger partial charge in [0.1, 0.15) is 11.4 Å². The van der Waals surface area contributed by atoms with Crippen LogP contribution in [-0.4, -0.2) is 34.6 Å². The Kier molecular flexibility index (Phi) is 5.77. The Hall–Kier alpha value is -2.08. The van der Waals surface area contributed by atoms with Crippen molar-refractivity contribution in [3.8, 4) is 17.0 Å². The van der Waals surface area contributed by atoms with E-state index in [0.29, 0.717) is 28.6 Å². The zero-order valence-electron chi connectivity index (χ0n) is 12.6. The number of halogens is 1. The second kappa shape index (κ2) is 7.79. The molecule has 0 aliphatic heterocycles. The van der Waals surface area contributed by atoms with Gasteiger partial charge in [0.2, 0.25) is 0 Å². The van der Waals surface area contributed by atoms with Gasteiger partial charge in [-0.3, -0.25) is 0 Å². The van der Waals surface area contributed by atoms with Crippen LogP contribution in [-0.2, 0) is 4.74 Å². The number of ether oxygens (including phenoxy) is 2. The molecule has 0 saturated carbocycles. The molecule has 22 heavy (non-hydrogen) atoms. The minimum atomic E-state index is -0.523. The number of H-pyrrole nitrogens is 1. The van der Waals surface area contributed by atoms with Crippen molar-refractivity contribution in [2.75, 3.05) is 13.2 Å². The van der Waals surface area contributed by atoms with E-state index in [1.165, 1.54) is 0 Å². The second-order valence-electron chi connectivity index (χ2n) is 4.59. The van der Waals surface area contributed by atoms with Crippen LogP contribution in [0.25, 0.3) is 11.3 Å². The van der Waals surface area contributed by atoms with Crippen LogP contribution in [0.3, 0.4) is 0 Å². The first-order valence-corrected chi connectivity index (χ1v) is 7.55. The standard InChI is InChI=1S/C15H18ClN3O3/c1-3-5-8-22-12-7-6-10(9-11(12)16)13-14(18-19-17-13)15(20)21-4-2/h6-7,9H,3-5,8H2,1-2H3,(H,17,18,19). The van der Waals surface area contributed by atoms with Gasteiger partial charge < -0.3 is 9.47 Å². The lowest BCUT2D eigenvalue weighted by atomic mass is 10.1. The smallest absolute Gasteiger partial charge is 0.361 e. The molecule has 0 unspecified atom stereocenters. The number of nitrogens with zero attached hydrogens (tertiary/aromatic N) is 2. The van der Waals surface area contributed by atoms with Crippen LogP contribution in [0.2, 0.25) is 5.02 Å². The van der Waals surface area contributed by atoms with E-state index in [1.54, 1.807) is 25.1 Å². The fourth-order valence-corrected chi connectivity index (χ4v) is 2.10. The van der Waals surface area contributed by atoms with Crippen molar-refractivity contribution in [2.45, 2.75) is 26.7 Å². The van der Waals surface area contributed by atoms with Crippen molar-refractivity contribution in [2.24, 2.45) is 0 Å². The summed E-state index contributed by atoms with van der Waals surface area (Å²) in [6, 6.07) is 5.24. The lowest BCUT2D eigenvalue weighted by Gasteiger charge is -2.08. The number of rotatable bonds is 7. The zero-order chi connectivity index (χ0) is 15.9. The Balaban J connectivity index is 2.22. The Morgan fingerprint density at radius 3 is 2.82 bits per heavy atom. The number of aromatic amines is 1. The number of carbonyl (C=O) groups is 1. The molecule has 0 bridgehead atoms. The summed E-state index contributed by atoms with van der Waals surface area (Å²) < 4.78 is 10.5. The number of hydrogen-bond donors (Lipinski definition) is 1. The number of hydrogen-bond acceptors (Lipinski definition) is 5. The van der Waals surface area contributed by atoms with Crippen LogP contribution in [0.15, 0.2) is 18.2 Å². The highest BCUT2D eigenvalue weighted by Gasteiger charge is 2.19. The third-order valence-corrected chi connectivity index (χ3v) is 3.27. The minimum absolute atomic E-state index is 0.137. The van der Waals surface area contributed by atoms with E-state index in [-0.39, 0.29) is 12.3 Å². The quantitative estimate of drug-likeness (QED) is 0.623. The highest BCUT2D eigenvalue weighted by molar-refractivity contribution is 6.32. The topological polar surface area (TPSA) is 77.1 Å². The molecule has 7 heteroatoms. The van der Waals surface area contributed by atoms with Gasteiger partial charge in [0.05, 0.1) is 18.2 Å². The van der Waals surface area contributed by atoms with Gasteiger partial charge in [-0.25, -0.2) is 4.79 Å². The Morgan fingerprint density at radius 2 is 2.14 bits per heavy atom. The maximum absolute atomic E-state index is 11.8. The highest BCUT2D eigenvalue weighted by Crippen LogP contribution is 2.30. The Morgan fingerprint density at radius 1 is 1.32 bits per heavy atom. The number of aromatic nitrogens is 3. The molecule has 1 aromatic heterocycles. The molecule has 0 amide bonds. The SMILES string of the molecule is CCCCOc1ccc(-c2n[nH]nc2C(=O)OCC)cc1Cl. The second-order valence-corrected chi connectivity index (χ2v) is 5.00. The molecule has 2 rings (SSSR count). The van der Waals surface area contributed by atoms with Gasteiger partial charge in [0.25, 0.3) is 0 Å².